The Hall–Kier alpha value is -1.92. The molecule has 0 radical (unpaired) electrons. The number of rotatable bonds is 6. The number of aryl methyl sites for hydroxylation is 1. The monoisotopic (exact) mass is 228 g/mol. The molecule has 0 atom stereocenters. The van der Waals surface area contributed by atoms with E-state index in [4.69, 9.17) is 5.73 Å². The Bertz CT molecular complexity index is 440. The second-order valence-corrected chi connectivity index (χ2v) is 4.05. The van der Waals surface area contributed by atoms with Gasteiger partial charge in [0.2, 0.25) is 0 Å². The van der Waals surface area contributed by atoms with Crippen molar-refractivity contribution in [3.8, 4) is 0 Å². The smallest absolute Gasteiger partial charge is 0.0509 e. The maximum absolute atomic E-state index is 5.68. The number of allylic oxidation sites excluding steroid dienone is 2. The third kappa shape index (κ3) is 4.62. The molecule has 0 aliphatic carbocycles. The summed E-state index contributed by atoms with van der Waals surface area (Å²) < 4.78 is 0. The van der Waals surface area contributed by atoms with Crippen molar-refractivity contribution in [3.05, 3.63) is 65.7 Å². The summed E-state index contributed by atoms with van der Waals surface area (Å²) >= 11 is 0. The summed E-state index contributed by atoms with van der Waals surface area (Å²) in [4.78, 5) is 0. The highest BCUT2D eigenvalue weighted by Crippen LogP contribution is 2.11. The SMILES string of the molecule is C=C=C(N)CCc1cccc(CC(=C)NC)c1. The van der Waals surface area contributed by atoms with Gasteiger partial charge in [-0.25, -0.2) is 0 Å². The molecule has 0 aromatic heterocycles. The fourth-order valence-corrected chi connectivity index (χ4v) is 1.60. The highest BCUT2D eigenvalue weighted by Gasteiger charge is 1.99. The fraction of sp³-hybridized carbons (Fsp3) is 0.267. The van der Waals surface area contributed by atoms with E-state index in [-0.39, 0.29) is 0 Å². The van der Waals surface area contributed by atoms with Crippen molar-refractivity contribution in [2.45, 2.75) is 19.3 Å². The molecule has 0 heterocycles. The summed E-state index contributed by atoms with van der Waals surface area (Å²) in [7, 11) is 1.89. The van der Waals surface area contributed by atoms with E-state index < -0.39 is 0 Å². The molecular formula is C15H20N2. The van der Waals surface area contributed by atoms with Crippen LogP contribution in [0, 0.1) is 0 Å². The van der Waals surface area contributed by atoms with Gasteiger partial charge in [-0.1, -0.05) is 37.4 Å². The minimum atomic E-state index is 0.718. The number of hydrogen-bond donors (Lipinski definition) is 2. The Balaban J connectivity index is 2.65. The highest BCUT2D eigenvalue weighted by molar-refractivity contribution is 5.27. The molecule has 1 aromatic carbocycles. The van der Waals surface area contributed by atoms with Crippen molar-refractivity contribution < 1.29 is 0 Å². The van der Waals surface area contributed by atoms with Crippen molar-refractivity contribution in [1.82, 2.24) is 5.32 Å². The van der Waals surface area contributed by atoms with Crippen LogP contribution in [-0.2, 0) is 12.8 Å². The van der Waals surface area contributed by atoms with Crippen LogP contribution in [0.25, 0.3) is 0 Å². The number of hydrogen-bond acceptors (Lipinski definition) is 2. The second-order valence-electron chi connectivity index (χ2n) is 4.05. The zero-order chi connectivity index (χ0) is 12.7. The Morgan fingerprint density at radius 2 is 2.12 bits per heavy atom. The predicted octanol–water partition coefficient (Wildman–Crippen LogP) is 2.52. The van der Waals surface area contributed by atoms with E-state index in [1.54, 1.807) is 0 Å². The van der Waals surface area contributed by atoms with Gasteiger partial charge in [0.05, 0.1) is 5.70 Å². The molecule has 0 saturated carbocycles. The van der Waals surface area contributed by atoms with Crippen LogP contribution in [0.2, 0.25) is 0 Å². The third-order valence-electron chi connectivity index (χ3n) is 2.67. The van der Waals surface area contributed by atoms with Gasteiger partial charge in [0.25, 0.3) is 0 Å². The first kappa shape index (κ1) is 13.1. The second kappa shape index (κ2) is 6.62. The molecule has 0 unspecified atom stereocenters. The van der Waals surface area contributed by atoms with Crippen LogP contribution < -0.4 is 11.1 Å². The van der Waals surface area contributed by atoms with Crippen LogP contribution >= 0.6 is 0 Å². The van der Waals surface area contributed by atoms with E-state index in [1.165, 1.54) is 11.1 Å². The Morgan fingerprint density at radius 1 is 1.41 bits per heavy atom. The molecule has 0 aliphatic heterocycles. The van der Waals surface area contributed by atoms with Gasteiger partial charge in [-0.3, -0.25) is 0 Å². The van der Waals surface area contributed by atoms with Crippen molar-refractivity contribution in [2.75, 3.05) is 7.05 Å². The molecule has 1 aromatic rings. The van der Waals surface area contributed by atoms with Crippen molar-refractivity contribution >= 4 is 0 Å². The average Bonchev–Trinajstić information content (AvgIpc) is 2.36. The summed E-state index contributed by atoms with van der Waals surface area (Å²) in [5.74, 6) is 0. The van der Waals surface area contributed by atoms with Crippen LogP contribution in [0.5, 0.6) is 0 Å². The highest BCUT2D eigenvalue weighted by atomic mass is 14.8. The van der Waals surface area contributed by atoms with Crippen LogP contribution in [0.15, 0.2) is 54.5 Å². The van der Waals surface area contributed by atoms with Gasteiger partial charge < -0.3 is 11.1 Å². The number of nitrogens with two attached hydrogens (primary N) is 1. The largest absolute Gasteiger partial charge is 0.396 e. The lowest BCUT2D eigenvalue weighted by molar-refractivity contribution is 0.909. The minimum absolute atomic E-state index is 0.718. The maximum atomic E-state index is 5.68. The first-order valence-electron chi connectivity index (χ1n) is 5.73. The quantitative estimate of drug-likeness (QED) is 0.734. The molecule has 0 saturated heterocycles. The van der Waals surface area contributed by atoms with Crippen molar-refractivity contribution in [1.29, 1.82) is 0 Å². The summed E-state index contributed by atoms with van der Waals surface area (Å²) in [5, 5.41) is 3.06. The molecule has 2 heteroatoms. The van der Waals surface area contributed by atoms with Gasteiger partial charge >= 0.3 is 0 Å². The summed E-state index contributed by atoms with van der Waals surface area (Å²) in [6.07, 6.45) is 2.59. The third-order valence-corrected chi connectivity index (χ3v) is 2.67. The Kier molecular flexibility index (Phi) is 5.12. The molecule has 3 N–H and O–H groups in total. The standard InChI is InChI=1S/C15H20N2/c1-4-15(16)9-8-13-6-5-7-14(11-13)10-12(2)17-3/h5-7,11,17H,1-2,8-10,16H2,3H3. The summed E-state index contributed by atoms with van der Waals surface area (Å²) in [6.45, 7) is 7.47. The lowest BCUT2D eigenvalue weighted by Crippen LogP contribution is -2.07. The van der Waals surface area contributed by atoms with Gasteiger partial charge in [-0.15, -0.1) is 5.73 Å². The van der Waals surface area contributed by atoms with E-state index in [0.717, 1.165) is 30.7 Å². The van der Waals surface area contributed by atoms with Gasteiger partial charge in [-0.05, 0) is 24.0 Å². The van der Waals surface area contributed by atoms with Crippen LogP contribution in [0.3, 0.4) is 0 Å². The average molecular weight is 228 g/mol. The molecule has 90 valence electrons. The van der Waals surface area contributed by atoms with E-state index >= 15 is 0 Å². The lowest BCUT2D eigenvalue weighted by atomic mass is 10.0. The van der Waals surface area contributed by atoms with Crippen LogP contribution in [0.1, 0.15) is 17.5 Å². The molecule has 1 rings (SSSR count). The van der Waals surface area contributed by atoms with E-state index in [1.807, 2.05) is 7.05 Å². The topological polar surface area (TPSA) is 38.0 Å². The van der Waals surface area contributed by atoms with Gasteiger partial charge in [0.15, 0.2) is 0 Å². The summed E-state index contributed by atoms with van der Waals surface area (Å²) in [5.41, 5.74) is 12.7. The minimum Gasteiger partial charge on any atom is -0.396 e. The first-order valence-corrected chi connectivity index (χ1v) is 5.73. The molecular weight excluding hydrogens is 208 g/mol. The molecule has 2 nitrogen and oxygen atoms in total. The van der Waals surface area contributed by atoms with Crippen molar-refractivity contribution in [2.24, 2.45) is 5.73 Å². The van der Waals surface area contributed by atoms with Crippen molar-refractivity contribution in [3.63, 3.8) is 0 Å². The predicted molar refractivity (Wildman–Crippen MR) is 73.5 cm³/mol. The van der Waals surface area contributed by atoms with Gasteiger partial charge in [0.1, 0.15) is 0 Å². The molecule has 17 heavy (non-hydrogen) atoms. The fourth-order valence-electron chi connectivity index (χ4n) is 1.60. The van der Waals surface area contributed by atoms with Crippen LogP contribution in [-0.4, -0.2) is 7.05 Å². The number of benzene rings is 1. The molecule has 0 fully saturated rings. The lowest BCUT2D eigenvalue weighted by Gasteiger charge is -2.07. The van der Waals surface area contributed by atoms with Crippen LogP contribution in [0.4, 0.5) is 0 Å². The zero-order valence-electron chi connectivity index (χ0n) is 10.4. The first-order chi connectivity index (χ1) is 8.15. The molecule has 0 spiro atoms. The maximum Gasteiger partial charge on any atom is 0.0509 e. The molecule has 0 amide bonds. The zero-order valence-corrected chi connectivity index (χ0v) is 10.4. The number of likely N-dealkylation sites (N-methyl/N-ethyl adjacent to an activating group) is 1. The molecule has 0 aliphatic rings. The van der Waals surface area contributed by atoms with E-state index in [2.05, 4.69) is 48.5 Å². The molecule has 0 bridgehead atoms. The Labute approximate surface area is 104 Å². The van der Waals surface area contributed by atoms with E-state index in [0.29, 0.717) is 0 Å². The van der Waals surface area contributed by atoms with Gasteiger partial charge in [-0.2, -0.15) is 0 Å². The Morgan fingerprint density at radius 3 is 2.76 bits per heavy atom. The normalized spacial score (nSPS) is 9.47. The van der Waals surface area contributed by atoms with E-state index in [9.17, 15) is 0 Å². The summed E-state index contributed by atoms with van der Waals surface area (Å²) in [6, 6.07) is 8.49. The van der Waals surface area contributed by atoms with Gasteiger partial charge in [0, 0.05) is 19.2 Å². The number of nitrogens with one attached hydrogen (secondary N) is 1.